The molecule has 0 unspecified atom stereocenters. The van der Waals surface area contributed by atoms with Crippen molar-refractivity contribution < 1.29 is 14.3 Å². The summed E-state index contributed by atoms with van der Waals surface area (Å²) in [5.74, 6) is 0.248. The number of aryl methyl sites for hydroxylation is 2. The number of hydrogen-bond donors (Lipinski definition) is 3. The van der Waals surface area contributed by atoms with Crippen LogP contribution in [0, 0.1) is 19.8 Å². The zero-order chi connectivity index (χ0) is 21.3. The Labute approximate surface area is 173 Å². The second-order valence-electron chi connectivity index (χ2n) is 7.40. The van der Waals surface area contributed by atoms with Gasteiger partial charge in [0.2, 0.25) is 5.91 Å². The molecular formula is C21H24N6O3. The number of ether oxygens (including phenoxy) is 1. The van der Waals surface area contributed by atoms with E-state index in [4.69, 9.17) is 4.74 Å². The number of nitrogens with one attached hydrogen (secondary N) is 3. The van der Waals surface area contributed by atoms with Gasteiger partial charge in [-0.3, -0.25) is 19.8 Å². The smallest absolute Gasteiger partial charge is 0.271 e. The van der Waals surface area contributed by atoms with E-state index in [1.165, 1.54) is 0 Å². The number of likely N-dealkylation sites (tertiary alicyclic amines) is 1. The number of hydrogen-bond acceptors (Lipinski definition) is 5. The summed E-state index contributed by atoms with van der Waals surface area (Å²) in [5, 5.41) is 17.0. The maximum Gasteiger partial charge on any atom is 0.271 e. The maximum atomic E-state index is 12.7. The Morgan fingerprint density at radius 3 is 2.67 bits per heavy atom. The number of methoxy groups -OCH3 is 1. The summed E-state index contributed by atoms with van der Waals surface area (Å²) in [5.41, 5.74) is 4.65. The van der Waals surface area contributed by atoms with Gasteiger partial charge in [-0.2, -0.15) is 10.2 Å². The van der Waals surface area contributed by atoms with Gasteiger partial charge in [-0.25, -0.2) is 0 Å². The van der Waals surface area contributed by atoms with Crippen molar-refractivity contribution in [2.75, 3.05) is 20.2 Å². The first-order chi connectivity index (χ1) is 14.5. The van der Waals surface area contributed by atoms with Crippen molar-refractivity contribution in [2.24, 2.45) is 5.92 Å². The third-order valence-corrected chi connectivity index (χ3v) is 5.45. The second-order valence-corrected chi connectivity index (χ2v) is 7.40. The zero-order valence-corrected chi connectivity index (χ0v) is 17.2. The lowest BCUT2D eigenvalue weighted by atomic mass is 9.98. The average molecular weight is 408 g/mol. The van der Waals surface area contributed by atoms with Crippen LogP contribution in [0.15, 0.2) is 30.3 Å². The van der Waals surface area contributed by atoms with Gasteiger partial charge >= 0.3 is 0 Å². The molecule has 3 N–H and O–H groups in total. The molecule has 0 aliphatic carbocycles. The summed E-state index contributed by atoms with van der Waals surface area (Å²) in [4.78, 5) is 26.7. The van der Waals surface area contributed by atoms with E-state index in [0.29, 0.717) is 36.8 Å². The first kappa shape index (κ1) is 19.7. The third-order valence-electron chi connectivity index (χ3n) is 5.45. The van der Waals surface area contributed by atoms with E-state index in [0.717, 1.165) is 22.5 Å². The standard InChI is InChI=1S/C21H24N6O3/c1-12-16(13(2)24-23-12)9-22-20(28)14-10-27(11-14)21(29)18-8-17(25-26-18)15-6-4-5-7-19(15)30-3/h4-8,14H,9-11H2,1-3H3,(H,22,28)(H,23,24)(H,25,26). The minimum absolute atomic E-state index is 0.0571. The van der Waals surface area contributed by atoms with Gasteiger partial charge in [-0.15, -0.1) is 0 Å². The lowest BCUT2D eigenvalue weighted by molar-refractivity contribution is -0.129. The van der Waals surface area contributed by atoms with Crippen molar-refractivity contribution in [2.45, 2.75) is 20.4 Å². The second kappa shape index (κ2) is 8.02. The number of H-pyrrole nitrogens is 2. The Morgan fingerprint density at radius 1 is 1.20 bits per heavy atom. The minimum atomic E-state index is -0.210. The molecule has 2 amide bonds. The molecule has 1 fully saturated rings. The summed E-state index contributed by atoms with van der Waals surface area (Å²) >= 11 is 0. The highest BCUT2D eigenvalue weighted by Gasteiger charge is 2.36. The summed E-state index contributed by atoms with van der Waals surface area (Å²) in [6.45, 7) is 5.03. The Morgan fingerprint density at radius 2 is 1.97 bits per heavy atom. The SMILES string of the molecule is COc1ccccc1-c1cc(C(=O)N2CC(C(=O)NCc3c(C)n[nH]c3C)C2)[nH]n1. The van der Waals surface area contributed by atoms with Gasteiger partial charge in [0.05, 0.1) is 24.4 Å². The van der Waals surface area contributed by atoms with Crippen LogP contribution in [-0.2, 0) is 11.3 Å². The molecule has 2 aromatic heterocycles. The predicted molar refractivity (Wildman–Crippen MR) is 110 cm³/mol. The number of aromatic amines is 2. The van der Waals surface area contributed by atoms with Gasteiger partial charge in [-0.1, -0.05) is 12.1 Å². The quantitative estimate of drug-likeness (QED) is 0.575. The topological polar surface area (TPSA) is 116 Å². The molecule has 156 valence electrons. The lowest BCUT2D eigenvalue weighted by Crippen LogP contribution is -2.55. The minimum Gasteiger partial charge on any atom is -0.496 e. The highest BCUT2D eigenvalue weighted by atomic mass is 16.5. The van der Waals surface area contributed by atoms with Crippen molar-refractivity contribution in [3.63, 3.8) is 0 Å². The molecule has 3 heterocycles. The molecule has 1 aliphatic rings. The monoisotopic (exact) mass is 408 g/mol. The first-order valence-electron chi connectivity index (χ1n) is 9.74. The van der Waals surface area contributed by atoms with Gasteiger partial charge in [0.25, 0.3) is 5.91 Å². The zero-order valence-electron chi connectivity index (χ0n) is 17.2. The summed E-state index contributed by atoms with van der Waals surface area (Å²) in [6.07, 6.45) is 0. The van der Waals surface area contributed by atoms with Gasteiger partial charge in [0, 0.05) is 36.5 Å². The highest BCUT2D eigenvalue weighted by molar-refractivity contribution is 5.95. The largest absolute Gasteiger partial charge is 0.496 e. The molecule has 9 nitrogen and oxygen atoms in total. The highest BCUT2D eigenvalue weighted by Crippen LogP contribution is 2.29. The van der Waals surface area contributed by atoms with E-state index >= 15 is 0 Å². The fourth-order valence-electron chi connectivity index (χ4n) is 3.56. The van der Waals surface area contributed by atoms with E-state index in [2.05, 4.69) is 25.7 Å². The number of para-hydroxylation sites is 1. The van der Waals surface area contributed by atoms with E-state index in [-0.39, 0.29) is 17.7 Å². The molecule has 0 spiro atoms. The molecule has 0 atom stereocenters. The van der Waals surface area contributed by atoms with E-state index < -0.39 is 0 Å². The summed E-state index contributed by atoms with van der Waals surface area (Å²) < 4.78 is 5.35. The maximum absolute atomic E-state index is 12.7. The van der Waals surface area contributed by atoms with Crippen LogP contribution in [-0.4, -0.2) is 57.3 Å². The van der Waals surface area contributed by atoms with E-state index in [1.54, 1.807) is 18.1 Å². The van der Waals surface area contributed by atoms with Crippen molar-refractivity contribution in [1.29, 1.82) is 0 Å². The predicted octanol–water partition coefficient (Wildman–Crippen LogP) is 1.81. The number of carbonyl (C=O) groups is 2. The number of benzene rings is 1. The molecule has 0 radical (unpaired) electrons. The van der Waals surface area contributed by atoms with Gasteiger partial charge < -0.3 is 15.0 Å². The normalized spacial score (nSPS) is 13.8. The van der Waals surface area contributed by atoms with Crippen LogP contribution in [0.25, 0.3) is 11.3 Å². The number of rotatable bonds is 6. The fourth-order valence-corrected chi connectivity index (χ4v) is 3.56. The molecule has 1 saturated heterocycles. The van der Waals surface area contributed by atoms with Crippen LogP contribution < -0.4 is 10.1 Å². The van der Waals surface area contributed by atoms with Crippen LogP contribution in [0.1, 0.15) is 27.4 Å². The Bertz CT molecular complexity index is 1060. The van der Waals surface area contributed by atoms with Crippen molar-refractivity contribution >= 4 is 11.8 Å². The molecule has 3 aromatic rings. The van der Waals surface area contributed by atoms with Crippen LogP contribution >= 0.6 is 0 Å². The molecule has 1 aromatic carbocycles. The van der Waals surface area contributed by atoms with Gasteiger partial charge in [0.15, 0.2) is 0 Å². The van der Waals surface area contributed by atoms with Crippen molar-refractivity contribution in [3.8, 4) is 17.0 Å². The van der Waals surface area contributed by atoms with Crippen molar-refractivity contribution in [3.05, 3.63) is 53.0 Å². The third kappa shape index (κ3) is 3.66. The first-order valence-corrected chi connectivity index (χ1v) is 9.74. The molecular weight excluding hydrogens is 384 g/mol. The molecule has 1 aliphatic heterocycles. The molecule has 0 saturated carbocycles. The van der Waals surface area contributed by atoms with Crippen LogP contribution in [0.5, 0.6) is 5.75 Å². The Balaban J connectivity index is 1.33. The van der Waals surface area contributed by atoms with Gasteiger partial charge in [0.1, 0.15) is 11.4 Å². The van der Waals surface area contributed by atoms with Crippen molar-refractivity contribution in [1.82, 2.24) is 30.6 Å². The average Bonchev–Trinajstić information content (AvgIpc) is 3.32. The summed E-state index contributed by atoms with van der Waals surface area (Å²) in [7, 11) is 1.60. The lowest BCUT2D eigenvalue weighted by Gasteiger charge is -2.37. The molecule has 0 bridgehead atoms. The number of amides is 2. The van der Waals surface area contributed by atoms with E-state index in [9.17, 15) is 9.59 Å². The Hall–Kier alpha value is -3.62. The van der Waals surface area contributed by atoms with Crippen LogP contribution in [0.3, 0.4) is 0 Å². The summed E-state index contributed by atoms with van der Waals surface area (Å²) in [6, 6.07) is 9.20. The van der Waals surface area contributed by atoms with Gasteiger partial charge in [-0.05, 0) is 32.0 Å². The van der Waals surface area contributed by atoms with Crippen LogP contribution in [0.4, 0.5) is 0 Å². The van der Waals surface area contributed by atoms with E-state index in [1.807, 2.05) is 38.1 Å². The van der Waals surface area contributed by atoms with Crippen LogP contribution in [0.2, 0.25) is 0 Å². The molecule has 9 heteroatoms. The molecule has 4 rings (SSSR count). The molecule has 30 heavy (non-hydrogen) atoms. The number of aromatic nitrogens is 4. The Kier molecular flexibility index (Phi) is 5.26. The number of nitrogens with zero attached hydrogens (tertiary/aromatic N) is 3. The fraction of sp³-hybridized carbons (Fsp3) is 0.333. The number of carbonyl (C=O) groups excluding carboxylic acids is 2.